The van der Waals surface area contributed by atoms with Crippen molar-refractivity contribution >= 4 is 0 Å². The third kappa shape index (κ3) is 3.17. The Morgan fingerprint density at radius 1 is 1.40 bits per heavy atom. The van der Waals surface area contributed by atoms with Gasteiger partial charge < -0.3 is 0 Å². The summed E-state index contributed by atoms with van der Waals surface area (Å²) >= 11 is 0. The molecule has 0 saturated carbocycles. The molecule has 0 saturated heterocycles. The fourth-order valence-electron chi connectivity index (χ4n) is 2.07. The van der Waals surface area contributed by atoms with Gasteiger partial charge in [-0.15, -0.1) is 0 Å². The van der Waals surface area contributed by atoms with E-state index in [2.05, 4.69) is 15.5 Å². The minimum absolute atomic E-state index is 0.306. The molecular weight excluding hydrogens is 264 g/mol. The van der Waals surface area contributed by atoms with Crippen molar-refractivity contribution in [3.63, 3.8) is 0 Å². The highest BCUT2D eigenvalue weighted by Gasteiger charge is 2.18. The predicted octanol–water partition coefficient (Wildman–Crippen LogP) is 1.71. The lowest BCUT2D eigenvalue weighted by Gasteiger charge is -2.17. The van der Waals surface area contributed by atoms with E-state index in [0.29, 0.717) is 17.8 Å². The van der Waals surface area contributed by atoms with Crippen LogP contribution in [0.2, 0.25) is 0 Å². The zero-order chi connectivity index (χ0) is 14.5. The van der Waals surface area contributed by atoms with Crippen molar-refractivity contribution in [2.75, 3.05) is 0 Å². The minimum atomic E-state index is -0.630. The molecule has 3 N–H and O–H groups in total. The monoisotopic (exact) mass is 281 g/mol. The standard InChI is InChI=1S/C13H17F2N5/c1-2-5-20-13(17-8-18-20)7-12(19-16)10-4-3-9(14)6-11(10)15/h3-4,6,8,12,19H,2,5,7,16H2,1H3. The summed E-state index contributed by atoms with van der Waals surface area (Å²) in [4.78, 5) is 4.16. The molecule has 0 amide bonds. The van der Waals surface area contributed by atoms with Gasteiger partial charge in [-0.1, -0.05) is 13.0 Å². The molecule has 108 valence electrons. The maximum absolute atomic E-state index is 13.8. The van der Waals surface area contributed by atoms with Gasteiger partial charge in [-0.05, 0) is 12.5 Å². The normalized spacial score (nSPS) is 12.6. The Balaban J connectivity index is 2.22. The highest BCUT2D eigenvalue weighted by Crippen LogP contribution is 2.20. The molecule has 20 heavy (non-hydrogen) atoms. The van der Waals surface area contributed by atoms with Crippen LogP contribution in [0.3, 0.4) is 0 Å². The topological polar surface area (TPSA) is 68.8 Å². The number of benzene rings is 1. The Morgan fingerprint density at radius 2 is 2.20 bits per heavy atom. The molecule has 2 aromatic rings. The first-order valence-electron chi connectivity index (χ1n) is 6.43. The number of nitrogens with one attached hydrogen (secondary N) is 1. The Bertz CT molecular complexity index is 570. The van der Waals surface area contributed by atoms with Gasteiger partial charge in [0.05, 0.1) is 6.04 Å². The molecule has 2 rings (SSSR count). The van der Waals surface area contributed by atoms with Crippen molar-refractivity contribution in [1.29, 1.82) is 0 Å². The van der Waals surface area contributed by atoms with Crippen LogP contribution in [0.1, 0.15) is 30.8 Å². The highest BCUT2D eigenvalue weighted by atomic mass is 19.1. The van der Waals surface area contributed by atoms with Crippen molar-refractivity contribution in [3.8, 4) is 0 Å². The zero-order valence-electron chi connectivity index (χ0n) is 11.2. The number of nitrogens with two attached hydrogens (primary N) is 1. The Morgan fingerprint density at radius 3 is 2.85 bits per heavy atom. The summed E-state index contributed by atoms with van der Waals surface area (Å²) in [5, 5.41) is 4.11. The van der Waals surface area contributed by atoms with Crippen LogP contribution in [0, 0.1) is 11.6 Å². The van der Waals surface area contributed by atoms with Gasteiger partial charge in [0.25, 0.3) is 0 Å². The Kier molecular flexibility index (Phi) is 4.75. The van der Waals surface area contributed by atoms with E-state index >= 15 is 0 Å². The molecule has 1 aromatic carbocycles. The second-order valence-corrected chi connectivity index (χ2v) is 4.49. The van der Waals surface area contributed by atoms with Crippen LogP contribution in [-0.2, 0) is 13.0 Å². The summed E-state index contributed by atoms with van der Waals surface area (Å²) < 4.78 is 28.5. The number of aromatic nitrogens is 3. The molecule has 1 unspecified atom stereocenters. The zero-order valence-corrected chi connectivity index (χ0v) is 11.2. The first-order chi connectivity index (χ1) is 9.65. The van der Waals surface area contributed by atoms with E-state index in [0.717, 1.165) is 19.0 Å². The van der Waals surface area contributed by atoms with Crippen LogP contribution >= 0.6 is 0 Å². The molecule has 1 heterocycles. The fourth-order valence-corrected chi connectivity index (χ4v) is 2.07. The van der Waals surface area contributed by atoms with Gasteiger partial charge in [0.1, 0.15) is 23.8 Å². The average Bonchev–Trinajstić information content (AvgIpc) is 2.84. The minimum Gasteiger partial charge on any atom is -0.271 e. The molecule has 0 bridgehead atoms. The summed E-state index contributed by atoms with van der Waals surface area (Å²) in [6, 6.07) is 2.95. The van der Waals surface area contributed by atoms with Crippen molar-refractivity contribution in [1.82, 2.24) is 20.2 Å². The number of hydrogen-bond donors (Lipinski definition) is 2. The number of nitrogens with zero attached hydrogens (tertiary/aromatic N) is 3. The lowest BCUT2D eigenvalue weighted by atomic mass is 10.0. The van der Waals surface area contributed by atoms with E-state index in [1.54, 1.807) is 4.68 Å². The van der Waals surface area contributed by atoms with Gasteiger partial charge in [0.2, 0.25) is 0 Å². The number of rotatable bonds is 6. The largest absolute Gasteiger partial charge is 0.271 e. The van der Waals surface area contributed by atoms with Gasteiger partial charge in [-0.25, -0.2) is 13.8 Å². The van der Waals surface area contributed by atoms with Crippen molar-refractivity contribution in [2.24, 2.45) is 5.84 Å². The van der Waals surface area contributed by atoms with Crippen LogP contribution in [0.15, 0.2) is 24.5 Å². The van der Waals surface area contributed by atoms with E-state index in [-0.39, 0.29) is 0 Å². The van der Waals surface area contributed by atoms with E-state index in [9.17, 15) is 8.78 Å². The number of aryl methyl sites for hydroxylation is 1. The van der Waals surface area contributed by atoms with E-state index in [1.165, 1.54) is 18.5 Å². The summed E-state index contributed by atoms with van der Waals surface area (Å²) in [5.74, 6) is 4.95. The van der Waals surface area contributed by atoms with E-state index < -0.39 is 17.7 Å². The molecule has 1 aromatic heterocycles. The fraction of sp³-hybridized carbons (Fsp3) is 0.385. The van der Waals surface area contributed by atoms with E-state index in [4.69, 9.17) is 5.84 Å². The van der Waals surface area contributed by atoms with Crippen LogP contribution in [0.4, 0.5) is 8.78 Å². The van der Waals surface area contributed by atoms with Crippen LogP contribution in [0.5, 0.6) is 0 Å². The molecule has 7 heteroatoms. The lowest BCUT2D eigenvalue weighted by Crippen LogP contribution is -2.31. The van der Waals surface area contributed by atoms with Crippen LogP contribution in [0.25, 0.3) is 0 Å². The lowest BCUT2D eigenvalue weighted by molar-refractivity contribution is 0.475. The maximum Gasteiger partial charge on any atom is 0.138 e. The molecule has 0 spiro atoms. The summed E-state index contributed by atoms with van der Waals surface area (Å²) in [5.41, 5.74) is 2.85. The van der Waals surface area contributed by atoms with Crippen molar-refractivity contribution in [3.05, 3.63) is 47.5 Å². The van der Waals surface area contributed by atoms with Crippen molar-refractivity contribution < 1.29 is 8.78 Å². The molecule has 0 aliphatic carbocycles. The predicted molar refractivity (Wildman–Crippen MR) is 70.4 cm³/mol. The van der Waals surface area contributed by atoms with Crippen LogP contribution in [-0.4, -0.2) is 14.8 Å². The summed E-state index contributed by atoms with van der Waals surface area (Å²) in [6.07, 6.45) is 2.75. The first-order valence-corrected chi connectivity index (χ1v) is 6.43. The second kappa shape index (κ2) is 6.53. The van der Waals surface area contributed by atoms with Gasteiger partial charge in [0, 0.05) is 24.6 Å². The summed E-state index contributed by atoms with van der Waals surface area (Å²) in [7, 11) is 0. The smallest absolute Gasteiger partial charge is 0.138 e. The third-order valence-electron chi connectivity index (χ3n) is 3.06. The molecule has 0 fully saturated rings. The molecule has 0 aliphatic heterocycles. The SMILES string of the molecule is CCCn1ncnc1CC(NN)c1ccc(F)cc1F. The van der Waals surface area contributed by atoms with Gasteiger partial charge in [0.15, 0.2) is 0 Å². The summed E-state index contributed by atoms with van der Waals surface area (Å²) in [6.45, 7) is 2.77. The molecular formula is C13H17F2N5. The molecule has 1 atom stereocenters. The van der Waals surface area contributed by atoms with Crippen LogP contribution < -0.4 is 11.3 Å². The highest BCUT2D eigenvalue weighted by molar-refractivity contribution is 5.23. The average molecular weight is 281 g/mol. The molecule has 5 nitrogen and oxygen atoms in total. The number of hydrazine groups is 1. The first kappa shape index (κ1) is 14.5. The van der Waals surface area contributed by atoms with Gasteiger partial charge >= 0.3 is 0 Å². The maximum atomic E-state index is 13.8. The molecule has 0 radical (unpaired) electrons. The third-order valence-corrected chi connectivity index (χ3v) is 3.06. The van der Waals surface area contributed by atoms with Gasteiger partial charge in [-0.3, -0.25) is 16.0 Å². The second-order valence-electron chi connectivity index (χ2n) is 4.49. The number of hydrogen-bond acceptors (Lipinski definition) is 4. The Hall–Kier alpha value is -1.86. The Labute approximate surface area is 115 Å². The quantitative estimate of drug-likeness (QED) is 0.625. The number of halogens is 2. The van der Waals surface area contributed by atoms with Crippen molar-refractivity contribution in [2.45, 2.75) is 32.4 Å². The van der Waals surface area contributed by atoms with E-state index in [1.807, 2.05) is 6.92 Å². The van der Waals surface area contributed by atoms with Gasteiger partial charge in [-0.2, -0.15) is 5.10 Å². The molecule has 0 aliphatic rings.